The summed E-state index contributed by atoms with van der Waals surface area (Å²) in [6, 6.07) is 4.75. The molecule has 0 radical (unpaired) electrons. The van der Waals surface area contributed by atoms with E-state index >= 15 is 0 Å². The molecule has 0 spiro atoms. The smallest absolute Gasteiger partial charge is 0.123 e. The number of halogens is 1. The third-order valence-electron chi connectivity index (χ3n) is 2.09. The Labute approximate surface area is 75.9 Å². The Hall–Kier alpha value is -1.57. The van der Waals surface area contributed by atoms with Crippen molar-refractivity contribution < 1.29 is 4.39 Å². The molecular weight excluding hydrogens is 165 g/mol. The Morgan fingerprint density at radius 2 is 2.31 bits per heavy atom. The molecule has 0 aliphatic heterocycles. The van der Waals surface area contributed by atoms with Gasteiger partial charge >= 0.3 is 0 Å². The molecule has 0 aliphatic carbocycles. The van der Waals surface area contributed by atoms with Crippen molar-refractivity contribution in [3.8, 4) is 0 Å². The van der Waals surface area contributed by atoms with Gasteiger partial charge in [0.15, 0.2) is 0 Å². The molecule has 0 saturated heterocycles. The zero-order chi connectivity index (χ0) is 9.26. The van der Waals surface area contributed by atoms with Gasteiger partial charge in [-0.3, -0.25) is 0 Å². The van der Waals surface area contributed by atoms with Crippen LogP contribution in [0, 0.1) is 5.82 Å². The van der Waals surface area contributed by atoms with Crippen molar-refractivity contribution in [1.82, 2.24) is 4.98 Å². The van der Waals surface area contributed by atoms with Crippen LogP contribution in [0.1, 0.15) is 5.56 Å². The van der Waals surface area contributed by atoms with E-state index in [1.54, 1.807) is 12.1 Å². The summed E-state index contributed by atoms with van der Waals surface area (Å²) in [5.41, 5.74) is 2.06. The van der Waals surface area contributed by atoms with Crippen molar-refractivity contribution in [1.29, 1.82) is 0 Å². The third-order valence-corrected chi connectivity index (χ3v) is 2.09. The summed E-state index contributed by atoms with van der Waals surface area (Å²) in [6.45, 7) is 3.66. The number of rotatable bonds is 2. The van der Waals surface area contributed by atoms with Gasteiger partial charge in [0.25, 0.3) is 0 Å². The lowest BCUT2D eigenvalue weighted by Crippen LogP contribution is -1.78. The highest BCUT2D eigenvalue weighted by molar-refractivity contribution is 5.83. The predicted octanol–water partition coefficient (Wildman–Crippen LogP) is 3.04. The summed E-state index contributed by atoms with van der Waals surface area (Å²) in [4.78, 5) is 3.09. The minimum Gasteiger partial charge on any atom is -0.361 e. The molecule has 1 N–H and O–H groups in total. The quantitative estimate of drug-likeness (QED) is 0.675. The van der Waals surface area contributed by atoms with Crippen LogP contribution in [0.25, 0.3) is 10.9 Å². The maximum absolute atomic E-state index is 12.9. The molecule has 0 unspecified atom stereocenters. The molecule has 1 heterocycles. The van der Waals surface area contributed by atoms with Gasteiger partial charge in [-0.05, 0) is 30.2 Å². The van der Waals surface area contributed by atoms with Crippen LogP contribution < -0.4 is 0 Å². The maximum Gasteiger partial charge on any atom is 0.123 e. The zero-order valence-electron chi connectivity index (χ0n) is 7.18. The van der Waals surface area contributed by atoms with Crippen molar-refractivity contribution in [2.75, 3.05) is 0 Å². The van der Waals surface area contributed by atoms with Crippen molar-refractivity contribution in [3.05, 3.63) is 48.4 Å². The molecule has 0 atom stereocenters. The van der Waals surface area contributed by atoms with Gasteiger partial charge in [0, 0.05) is 17.1 Å². The summed E-state index contributed by atoms with van der Waals surface area (Å²) in [5.74, 6) is -0.197. The van der Waals surface area contributed by atoms with E-state index in [2.05, 4.69) is 11.6 Å². The molecule has 2 aromatic rings. The Balaban J connectivity index is 2.64. The van der Waals surface area contributed by atoms with Crippen molar-refractivity contribution >= 4 is 10.9 Å². The number of hydrogen-bond acceptors (Lipinski definition) is 0. The molecule has 1 aromatic heterocycles. The Kier molecular flexibility index (Phi) is 1.89. The van der Waals surface area contributed by atoms with Crippen LogP contribution in [0.3, 0.4) is 0 Å². The number of nitrogens with one attached hydrogen (secondary N) is 1. The second-order valence-corrected chi connectivity index (χ2v) is 3.00. The van der Waals surface area contributed by atoms with Gasteiger partial charge in [-0.1, -0.05) is 6.08 Å². The van der Waals surface area contributed by atoms with Crippen LogP contribution in [0.5, 0.6) is 0 Å². The molecular formula is C11H10FN. The maximum atomic E-state index is 12.9. The number of benzene rings is 1. The predicted molar refractivity (Wildman–Crippen MR) is 52.2 cm³/mol. The lowest BCUT2D eigenvalue weighted by Gasteiger charge is -1.93. The highest BCUT2D eigenvalue weighted by Gasteiger charge is 2.02. The first kappa shape index (κ1) is 8.05. The molecule has 0 aliphatic rings. The van der Waals surface area contributed by atoms with Gasteiger partial charge in [-0.25, -0.2) is 4.39 Å². The molecule has 1 aromatic carbocycles. The van der Waals surface area contributed by atoms with Crippen LogP contribution in [0.2, 0.25) is 0 Å². The van der Waals surface area contributed by atoms with Crippen molar-refractivity contribution in [2.45, 2.75) is 6.42 Å². The minimum atomic E-state index is -0.197. The molecule has 0 amide bonds. The van der Waals surface area contributed by atoms with E-state index in [0.29, 0.717) is 0 Å². The second kappa shape index (κ2) is 3.05. The van der Waals surface area contributed by atoms with Crippen LogP contribution in [-0.4, -0.2) is 4.98 Å². The average Bonchev–Trinajstić information content (AvgIpc) is 2.49. The fourth-order valence-corrected chi connectivity index (χ4v) is 1.48. The Morgan fingerprint density at radius 1 is 1.46 bits per heavy atom. The van der Waals surface area contributed by atoms with Crippen LogP contribution in [0.4, 0.5) is 4.39 Å². The molecule has 2 heteroatoms. The van der Waals surface area contributed by atoms with Gasteiger partial charge < -0.3 is 4.98 Å². The van der Waals surface area contributed by atoms with Gasteiger partial charge in [0.2, 0.25) is 0 Å². The lowest BCUT2D eigenvalue weighted by molar-refractivity contribution is 0.629. The molecule has 0 bridgehead atoms. The van der Waals surface area contributed by atoms with Crippen molar-refractivity contribution in [2.24, 2.45) is 0 Å². The standard InChI is InChI=1S/C11H10FN/c1-2-3-8-7-13-11-5-4-9(12)6-10(8)11/h2,4-7,13H,1,3H2. The number of allylic oxidation sites excluding steroid dienone is 1. The number of H-pyrrole nitrogens is 1. The second-order valence-electron chi connectivity index (χ2n) is 3.00. The van der Waals surface area contributed by atoms with Gasteiger partial charge in [0.1, 0.15) is 5.82 Å². The van der Waals surface area contributed by atoms with E-state index in [9.17, 15) is 4.39 Å². The molecule has 1 nitrogen and oxygen atoms in total. The summed E-state index contributed by atoms with van der Waals surface area (Å²) < 4.78 is 12.9. The highest BCUT2D eigenvalue weighted by atomic mass is 19.1. The van der Waals surface area contributed by atoms with E-state index in [1.807, 2.05) is 12.3 Å². The van der Waals surface area contributed by atoms with E-state index in [-0.39, 0.29) is 5.82 Å². The van der Waals surface area contributed by atoms with E-state index in [4.69, 9.17) is 0 Å². The number of aromatic nitrogens is 1. The molecule has 66 valence electrons. The third kappa shape index (κ3) is 1.35. The molecule has 13 heavy (non-hydrogen) atoms. The van der Waals surface area contributed by atoms with Gasteiger partial charge in [-0.2, -0.15) is 0 Å². The fraction of sp³-hybridized carbons (Fsp3) is 0.0909. The highest BCUT2D eigenvalue weighted by Crippen LogP contribution is 2.19. The lowest BCUT2D eigenvalue weighted by atomic mass is 10.1. The fourth-order valence-electron chi connectivity index (χ4n) is 1.48. The first-order valence-electron chi connectivity index (χ1n) is 4.17. The number of aromatic amines is 1. The largest absolute Gasteiger partial charge is 0.361 e. The Morgan fingerprint density at radius 3 is 3.08 bits per heavy atom. The summed E-state index contributed by atoms with van der Waals surface area (Å²) >= 11 is 0. The molecule has 2 rings (SSSR count). The van der Waals surface area contributed by atoms with Gasteiger partial charge in [-0.15, -0.1) is 6.58 Å². The van der Waals surface area contributed by atoms with E-state index < -0.39 is 0 Å². The van der Waals surface area contributed by atoms with E-state index in [1.165, 1.54) is 6.07 Å². The van der Waals surface area contributed by atoms with Gasteiger partial charge in [0.05, 0.1) is 0 Å². The molecule has 0 fully saturated rings. The number of hydrogen-bond donors (Lipinski definition) is 1. The normalized spacial score (nSPS) is 10.5. The summed E-state index contributed by atoms with van der Waals surface area (Å²) in [5, 5.41) is 0.944. The first-order valence-corrected chi connectivity index (χ1v) is 4.17. The van der Waals surface area contributed by atoms with Crippen LogP contribution in [-0.2, 0) is 6.42 Å². The summed E-state index contributed by atoms with van der Waals surface area (Å²) in [7, 11) is 0. The summed E-state index contributed by atoms with van der Waals surface area (Å²) in [6.07, 6.45) is 4.47. The average molecular weight is 175 g/mol. The monoisotopic (exact) mass is 175 g/mol. The number of fused-ring (bicyclic) bond motifs is 1. The van der Waals surface area contributed by atoms with Crippen LogP contribution in [0.15, 0.2) is 37.1 Å². The minimum absolute atomic E-state index is 0.197. The van der Waals surface area contributed by atoms with Crippen molar-refractivity contribution in [3.63, 3.8) is 0 Å². The Bertz CT molecular complexity index is 442. The van der Waals surface area contributed by atoms with E-state index in [0.717, 1.165) is 22.9 Å². The first-order chi connectivity index (χ1) is 6.31. The van der Waals surface area contributed by atoms with Crippen LogP contribution >= 0.6 is 0 Å². The SMILES string of the molecule is C=CCc1c[nH]c2ccc(F)cc12. The topological polar surface area (TPSA) is 15.8 Å². The zero-order valence-corrected chi connectivity index (χ0v) is 7.18. The molecule has 0 saturated carbocycles.